The number of nitrogens with one attached hydrogen (secondary N) is 2. The van der Waals surface area contributed by atoms with E-state index in [1.54, 1.807) is 19.9 Å². The maximum atomic E-state index is 13.6. The number of anilines is 1. The van der Waals surface area contributed by atoms with Gasteiger partial charge in [-0.1, -0.05) is 6.07 Å². The third-order valence-corrected chi connectivity index (χ3v) is 4.13. The van der Waals surface area contributed by atoms with Gasteiger partial charge in [0.05, 0.1) is 5.41 Å². The standard InChI is InChI=1S/C17H14F3N3O2/c1-17(2)10-3-4-13(22-14(10)23-16(17)25)15(24)21-7-9-11(19)5-8(18)6-12(9)20/h3-6H,7H2,1-2H3,(H,21,24)(H,22,23,25). The van der Waals surface area contributed by atoms with E-state index in [9.17, 15) is 22.8 Å². The smallest absolute Gasteiger partial charge is 0.270 e. The van der Waals surface area contributed by atoms with Crippen molar-refractivity contribution < 1.29 is 22.8 Å². The Hall–Kier alpha value is -2.90. The molecule has 0 aliphatic carbocycles. The number of carbonyl (C=O) groups excluding carboxylic acids is 2. The lowest BCUT2D eigenvalue weighted by Gasteiger charge is -2.14. The topological polar surface area (TPSA) is 71.1 Å². The molecule has 0 atom stereocenters. The van der Waals surface area contributed by atoms with Gasteiger partial charge in [-0.05, 0) is 19.9 Å². The van der Waals surface area contributed by atoms with Crippen molar-refractivity contribution in [3.05, 3.63) is 58.5 Å². The Balaban J connectivity index is 1.78. The van der Waals surface area contributed by atoms with E-state index in [-0.39, 0.29) is 17.4 Å². The quantitative estimate of drug-likeness (QED) is 0.895. The van der Waals surface area contributed by atoms with E-state index in [1.807, 2.05) is 0 Å². The molecule has 0 saturated carbocycles. The van der Waals surface area contributed by atoms with E-state index in [1.165, 1.54) is 6.07 Å². The molecule has 2 heterocycles. The molecule has 1 aliphatic heterocycles. The molecule has 0 fully saturated rings. The molecule has 1 aromatic heterocycles. The number of carbonyl (C=O) groups is 2. The summed E-state index contributed by atoms with van der Waals surface area (Å²) in [6.07, 6.45) is 0. The van der Waals surface area contributed by atoms with Gasteiger partial charge in [-0.2, -0.15) is 0 Å². The zero-order chi connectivity index (χ0) is 18.4. The molecule has 130 valence electrons. The summed E-state index contributed by atoms with van der Waals surface area (Å²) in [6.45, 7) is 3.00. The Morgan fingerprint density at radius 1 is 1.20 bits per heavy atom. The highest BCUT2D eigenvalue weighted by atomic mass is 19.1. The van der Waals surface area contributed by atoms with Crippen LogP contribution in [0, 0.1) is 17.5 Å². The number of hydrogen-bond donors (Lipinski definition) is 2. The van der Waals surface area contributed by atoms with Gasteiger partial charge in [0.15, 0.2) is 0 Å². The Morgan fingerprint density at radius 2 is 1.84 bits per heavy atom. The first kappa shape index (κ1) is 16.9. The highest BCUT2D eigenvalue weighted by molar-refractivity contribution is 6.05. The molecular formula is C17H14F3N3O2. The van der Waals surface area contributed by atoms with E-state index in [0.29, 0.717) is 17.7 Å². The van der Waals surface area contributed by atoms with Crippen LogP contribution < -0.4 is 10.6 Å². The second kappa shape index (κ2) is 5.87. The second-order valence-corrected chi connectivity index (χ2v) is 6.20. The number of fused-ring (bicyclic) bond motifs is 1. The van der Waals surface area contributed by atoms with Crippen LogP contribution in [0.25, 0.3) is 0 Å². The molecule has 3 rings (SSSR count). The molecule has 1 aromatic carbocycles. The SMILES string of the molecule is CC1(C)C(=O)Nc2nc(C(=O)NCc3c(F)cc(F)cc3F)ccc21. The van der Waals surface area contributed by atoms with E-state index < -0.39 is 40.9 Å². The van der Waals surface area contributed by atoms with Crippen LogP contribution in [0.1, 0.15) is 35.5 Å². The highest BCUT2D eigenvalue weighted by Crippen LogP contribution is 2.35. The van der Waals surface area contributed by atoms with Crippen LogP contribution in [0.5, 0.6) is 0 Å². The lowest BCUT2D eigenvalue weighted by molar-refractivity contribution is -0.119. The lowest BCUT2D eigenvalue weighted by Crippen LogP contribution is -2.26. The molecule has 1 aliphatic rings. The number of pyridine rings is 1. The zero-order valence-corrected chi connectivity index (χ0v) is 13.4. The molecule has 2 N–H and O–H groups in total. The highest BCUT2D eigenvalue weighted by Gasteiger charge is 2.39. The van der Waals surface area contributed by atoms with Crippen molar-refractivity contribution in [3.63, 3.8) is 0 Å². The van der Waals surface area contributed by atoms with Crippen molar-refractivity contribution in [2.24, 2.45) is 0 Å². The predicted molar refractivity (Wildman–Crippen MR) is 83.4 cm³/mol. The Bertz CT molecular complexity index is 874. The predicted octanol–water partition coefficient (Wildman–Crippen LogP) is 2.66. The molecule has 0 saturated heterocycles. The monoisotopic (exact) mass is 349 g/mol. The Morgan fingerprint density at radius 3 is 2.48 bits per heavy atom. The Labute approximate surface area is 141 Å². The third-order valence-electron chi connectivity index (χ3n) is 4.13. The summed E-state index contributed by atoms with van der Waals surface area (Å²) in [4.78, 5) is 28.1. The molecule has 2 aromatic rings. The summed E-state index contributed by atoms with van der Waals surface area (Å²) in [5, 5.41) is 4.91. The summed E-state index contributed by atoms with van der Waals surface area (Å²) in [5.41, 5.74) is -0.563. The lowest BCUT2D eigenvalue weighted by atomic mass is 9.87. The molecule has 0 bridgehead atoms. The minimum absolute atomic E-state index is 0.0142. The first-order valence-corrected chi connectivity index (χ1v) is 7.44. The molecule has 0 radical (unpaired) electrons. The van der Waals surface area contributed by atoms with Gasteiger partial charge in [-0.3, -0.25) is 9.59 Å². The maximum Gasteiger partial charge on any atom is 0.270 e. The summed E-state index contributed by atoms with van der Waals surface area (Å²) in [7, 11) is 0. The fourth-order valence-corrected chi connectivity index (χ4v) is 2.57. The summed E-state index contributed by atoms with van der Waals surface area (Å²) >= 11 is 0. The number of rotatable bonds is 3. The van der Waals surface area contributed by atoms with E-state index in [0.717, 1.165) is 0 Å². The van der Waals surface area contributed by atoms with Gasteiger partial charge in [0.2, 0.25) is 5.91 Å². The van der Waals surface area contributed by atoms with Crippen LogP contribution in [0.15, 0.2) is 24.3 Å². The number of nitrogens with zero attached hydrogens (tertiary/aromatic N) is 1. The molecule has 25 heavy (non-hydrogen) atoms. The van der Waals surface area contributed by atoms with Gasteiger partial charge in [0, 0.05) is 29.8 Å². The van der Waals surface area contributed by atoms with Gasteiger partial charge in [-0.25, -0.2) is 18.2 Å². The van der Waals surface area contributed by atoms with Crippen LogP contribution in [-0.4, -0.2) is 16.8 Å². The first-order chi connectivity index (χ1) is 11.7. The van der Waals surface area contributed by atoms with Crippen molar-refractivity contribution in [3.8, 4) is 0 Å². The molecule has 0 spiro atoms. The maximum absolute atomic E-state index is 13.6. The van der Waals surface area contributed by atoms with Crippen molar-refractivity contribution in [2.75, 3.05) is 5.32 Å². The van der Waals surface area contributed by atoms with E-state index >= 15 is 0 Å². The average molecular weight is 349 g/mol. The van der Waals surface area contributed by atoms with E-state index in [4.69, 9.17) is 0 Å². The molecular weight excluding hydrogens is 335 g/mol. The van der Waals surface area contributed by atoms with Crippen molar-refractivity contribution in [2.45, 2.75) is 25.8 Å². The van der Waals surface area contributed by atoms with Crippen LogP contribution in [-0.2, 0) is 16.8 Å². The number of halogens is 3. The fourth-order valence-electron chi connectivity index (χ4n) is 2.57. The summed E-state index contributed by atoms with van der Waals surface area (Å²) < 4.78 is 40.0. The van der Waals surface area contributed by atoms with Crippen molar-refractivity contribution >= 4 is 17.6 Å². The molecule has 2 amide bonds. The van der Waals surface area contributed by atoms with Gasteiger partial charge in [0.25, 0.3) is 5.91 Å². The molecule has 5 nitrogen and oxygen atoms in total. The van der Waals surface area contributed by atoms with Gasteiger partial charge >= 0.3 is 0 Å². The Kier molecular flexibility index (Phi) is 3.98. The van der Waals surface area contributed by atoms with Crippen LogP contribution in [0.3, 0.4) is 0 Å². The summed E-state index contributed by atoms with van der Waals surface area (Å²) in [5.74, 6) is -3.85. The zero-order valence-electron chi connectivity index (χ0n) is 13.4. The number of aromatic nitrogens is 1. The van der Waals surface area contributed by atoms with Crippen molar-refractivity contribution in [1.29, 1.82) is 0 Å². The second-order valence-electron chi connectivity index (χ2n) is 6.20. The molecule has 0 unspecified atom stereocenters. The van der Waals surface area contributed by atoms with E-state index in [2.05, 4.69) is 15.6 Å². The van der Waals surface area contributed by atoms with Gasteiger partial charge in [-0.15, -0.1) is 0 Å². The van der Waals surface area contributed by atoms with Crippen LogP contribution in [0.4, 0.5) is 19.0 Å². The normalized spacial score (nSPS) is 14.8. The van der Waals surface area contributed by atoms with Crippen molar-refractivity contribution in [1.82, 2.24) is 10.3 Å². The van der Waals surface area contributed by atoms with Crippen LogP contribution in [0.2, 0.25) is 0 Å². The van der Waals surface area contributed by atoms with Crippen LogP contribution >= 0.6 is 0 Å². The summed E-state index contributed by atoms with van der Waals surface area (Å²) in [6, 6.07) is 4.10. The minimum Gasteiger partial charge on any atom is -0.346 e. The minimum atomic E-state index is -1.09. The molecule has 8 heteroatoms. The largest absolute Gasteiger partial charge is 0.346 e. The fraction of sp³-hybridized carbons (Fsp3) is 0.235. The van der Waals surface area contributed by atoms with Gasteiger partial charge in [0.1, 0.15) is 29.0 Å². The number of amides is 2. The first-order valence-electron chi connectivity index (χ1n) is 7.44. The third kappa shape index (κ3) is 2.95. The number of hydrogen-bond acceptors (Lipinski definition) is 3. The van der Waals surface area contributed by atoms with Gasteiger partial charge < -0.3 is 10.6 Å². The number of benzene rings is 1. The average Bonchev–Trinajstić information content (AvgIpc) is 2.75.